The Morgan fingerprint density at radius 2 is 2.29 bits per heavy atom. The molecule has 1 rings (SSSR count). The van der Waals surface area contributed by atoms with E-state index in [1.165, 1.54) is 19.3 Å². The van der Waals surface area contributed by atoms with Gasteiger partial charge in [-0.25, -0.2) is 0 Å². The molecule has 1 aliphatic rings. The Balaban J connectivity index is 2.15. The molecule has 0 bridgehead atoms. The van der Waals surface area contributed by atoms with E-state index in [2.05, 4.69) is 5.32 Å². The standard InChI is InChI=1S/C11H22N2O/c1-3-11(14)13(2)9-7-10-6-4-5-8-12-10/h10,12H,3-9H2,1-2H3. The maximum atomic E-state index is 11.3. The third kappa shape index (κ3) is 3.66. The summed E-state index contributed by atoms with van der Waals surface area (Å²) in [5.41, 5.74) is 0. The van der Waals surface area contributed by atoms with Crippen LogP contribution >= 0.6 is 0 Å². The van der Waals surface area contributed by atoms with Gasteiger partial charge in [0, 0.05) is 26.1 Å². The van der Waals surface area contributed by atoms with Crippen molar-refractivity contribution in [3.8, 4) is 0 Å². The van der Waals surface area contributed by atoms with Gasteiger partial charge in [-0.05, 0) is 25.8 Å². The van der Waals surface area contributed by atoms with E-state index >= 15 is 0 Å². The van der Waals surface area contributed by atoms with Crippen LogP contribution in [0.4, 0.5) is 0 Å². The Hall–Kier alpha value is -0.570. The van der Waals surface area contributed by atoms with Gasteiger partial charge in [0.25, 0.3) is 0 Å². The van der Waals surface area contributed by atoms with Gasteiger partial charge in [-0.3, -0.25) is 4.79 Å². The van der Waals surface area contributed by atoms with Crippen LogP contribution in [0.5, 0.6) is 0 Å². The minimum Gasteiger partial charge on any atom is -0.346 e. The zero-order chi connectivity index (χ0) is 10.4. The highest BCUT2D eigenvalue weighted by atomic mass is 16.2. The zero-order valence-electron chi connectivity index (χ0n) is 9.38. The van der Waals surface area contributed by atoms with Crippen LogP contribution in [0.15, 0.2) is 0 Å². The molecule has 0 radical (unpaired) electrons. The Morgan fingerprint density at radius 1 is 1.50 bits per heavy atom. The second-order valence-corrected chi connectivity index (χ2v) is 4.10. The molecular formula is C11H22N2O. The molecule has 1 unspecified atom stereocenters. The largest absolute Gasteiger partial charge is 0.346 e. The molecule has 1 saturated heterocycles. The smallest absolute Gasteiger partial charge is 0.222 e. The number of nitrogens with one attached hydrogen (secondary N) is 1. The van der Waals surface area contributed by atoms with E-state index in [4.69, 9.17) is 0 Å². The number of carbonyl (C=O) groups is 1. The molecule has 3 nitrogen and oxygen atoms in total. The van der Waals surface area contributed by atoms with Crippen LogP contribution in [0.25, 0.3) is 0 Å². The number of carbonyl (C=O) groups excluding carboxylic acids is 1. The van der Waals surface area contributed by atoms with Crippen LogP contribution < -0.4 is 5.32 Å². The molecule has 0 aromatic rings. The zero-order valence-corrected chi connectivity index (χ0v) is 9.38. The first-order valence-corrected chi connectivity index (χ1v) is 5.71. The highest BCUT2D eigenvalue weighted by molar-refractivity contribution is 5.75. The third-order valence-electron chi connectivity index (χ3n) is 2.95. The molecule has 1 fully saturated rings. The molecule has 0 aliphatic carbocycles. The molecule has 1 heterocycles. The normalized spacial score (nSPS) is 22.0. The minimum atomic E-state index is 0.251. The second-order valence-electron chi connectivity index (χ2n) is 4.10. The molecule has 0 saturated carbocycles. The molecule has 1 amide bonds. The Morgan fingerprint density at radius 3 is 2.86 bits per heavy atom. The van der Waals surface area contributed by atoms with Crippen molar-refractivity contribution in [1.29, 1.82) is 0 Å². The SMILES string of the molecule is CCC(=O)N(C)CCC1CCCCN1. The Bertz CT molecular complexity index is 176. The van der Waals surface area contributed by atoms with Crippen LogP contribution in [0.1, 0.15) is 39.0 Å². The summed E-state index contributed by atoms with van der Waals surface area (Å²) in [6.07, 6.45) is 5.63. The quantitative estimate of drug-likeness (QED) is 0.740. The summed E-state index contributed by atoms with van der Waals surface area (Å²) in [5.74, 6) is 0.251. The fraction of sp³-hybridized carbons (Fsp3) is 0.909. The van der Waals surface area contributed by atoms with Crippen LogP contribution in [-0.4, -0.2) is 37.0 Å². The highest BCUT2D eigenvalue weighted by Gasteiger charge is 2.14. The van der Waals surface area contributed by atoms with Gasteiger partial charge in [-0.15, -0.1) is 0 Å². The van der Waals surface area contributed by atoms with Crippen LogP contribution in [-0.2, 0) is 4.79 Å². The van der Waals surface area contributed by atoms with Crippen molar-refractivity contribution in [2.24, 2.45) is 0 Å². The highest BCUT2D eigenvalue weighted by Crippen LogP contribution is 2.10. The number of nitrogens with zero attached hydrogens (tertiary/aromatic N) is 1. The van der Waals surface area contributed by atoms with E-state index < -0.39 is 0 Å². The fourth-order valence-electron chi connectivity index (χ4n) is 1.91. The van der Waals surface area contributed by atoms with E-state index in [9.17, 15) is 4.79 Å². The number of hydrogen-bond acceptors (Lipinski definition) is 2. The lowest BCUT2D eigenvalue weighted by Gasteiger charge is -2.25. The molecular weight excluding hydrogens is 176 g/mol. The first-order chi connectivity index (χ1) is 6.74. The molecule has 0 aromatic heterocycles. The number of piperidine rings is 1. The first-order valence-electron chi connectivity index (χ1n) is 5.71. The van der Waals surface area contributed by atoms with E-state index in [0.29, 0.717) is 12.5 Å². The van der Waals surface area contributed by atoms with Gasteiger partial charge < -0.3 is 10.2 Å². The fourth-order valence-corrected chi connectivity index (χ4v) is 1.91. The van der Waals surface area contributed by atoms with Crippen molar-refractivity contribution in [3.05, 3.63) is 0 Å². The Labute approximate surface area is 86.9 Å². The molecule has 0 spiro atoms. The minimum absolute atomic E-state index is 0.251. The summed E-state index contributed by atoms with van der Waals surface area (Å²) >= 11 is 0. The maximum absolute atomic E-state index is 11.3. The monoisotopic (exact) mass is 198 g/mol. The van der Waals surface area contributed by atoms with Gasteiger partial charge in [-0.1, -0.05) is 13.3 Å². The van der Waals surface area contributed by atoms with Gasteiger partial charge in [0.2, 0.25) is 5.91 Å². The molecule has 1 aliphatic heterocycles. The lowest BCUT2D eigenvalue weighted by atomic mass is 10.0. The van der Waals surface area contributed by atoms with E-state index in [1.807, 2.05) is 18.9 Å². The molecule has 0 aromatic carbocycles. The summed E-state index contributed by atoms with van der Waals surface area (Å²) in [6.45, 7) is 3.96. The molecule has 3 heteroatoms. The van der Waals surface area contributed by atoms with Gasteiger partial charge in [0.1, 0.15) is 0 Å². The van der Waals surface area contributed by atoms with E-state index in [-0.39, 0.29) is 5.91 Å². The summed E-state index contributed by atoms with van der Waals surface area (Å²) in [4.78, 5) is 13.1. The third-order valence-corrected chi connectivity index (χ3v) is 2.95. The molecule has 14 heavy (non-hydrogen) atoms. The molecule has 82 valence electrons. The topological polar surface area (TPSA) is 32.3 Å². The van der Waals surface area contributed by atoms with E-state index in [0.717, 1.165) is 19.5 Å². The van der Waals surface area contributed by atoms with Crippen molar-refractivity contribution in [2.75, 3.05) is 20.1 Å². The maximum Gasteiger partial charge on any atom is 0.222 e. The van der Waals surface area contributed by atoms with Crippen molar-refractivity contribution in [1.82, 2.24) is 10.2 Å². The summed E-state index contributed by atoms with van der Waals surface area (Å²) < 4.78 is 0. The van der Waals surface area contributed by atoms with Crippen molar-refractivity contribution in [2.45, 2.75) is 45.1 Å². The lowest BCUT2D eigenvalue weighted by Crippen LogP contribution is -2.37. The van der Waals surface area contributed by atoms with Crippen molar-refractivity contribution < 1.29 is 4.79 Å². The average Bonchev–Trinajstić information content (AvgIpc) is 2.26. The van der Waals surface area contributed by atoms with Gasteiger partial charge in [0.15, 0.2) is 0 Å². The predicted molar refractivity (Wildman–Crippen MR) is 58.2 cm³/mol. The summed E-state index contributed by atoms with van der Waals surface area (Å²) in [5, 5.41) is 3.49. The van der Waals surface area contributed by atoms with Crippen LogP contribution in [0, 0.1) is 0 Å². The molecule has 1 N–H and O–H groups in total. The lowest BCUT2D eigenvalue weighted by molar-refractivity contribution is -0.129. The van der Waals surface area contributed by atoms with Crippen LogP contribution in [0.2, 0.25) is 0 Å². The predicted octanol–water partition coefficient (Wildman–Crippen LogP) is 1.39. The van der Waals surface area contributed by atoms with Crippen molar-refractivity contribution >= 4 is 5.91 Å². The first kappa shape index (κ1) is 11.5. The summed E-state index contributed by atoms with van der Waals surface area (Å²) in [6, 6.07) is 0.635. The molecule has 1 atom stereocenters. The number of rotatable bonds is 4. The van der Waals surface area contributed by atoms with Crippen molar-refractivity contribution in [3.63, 3.8) is 0 Å². The van der Waals surface area contributed by atoms with Crippen LogP contribution in [0.3, 0.4) is 0 Å². The number of hydrogen-bond donors (Lipinski definition) is 1. The van der Waals surface area contributed by atoms with Gasteiger partial charge in [0.05, 0.1) is 0 Å². The Kier molecular flexibility index (Phi) is 4.94. The van der Waals surface area contributed by atoms with Gasteiger partial charge in [-0.2, -0.15) is 0 Å². The second kappa shape index (κ2) is 6.02. The summed E-state index contributed by atoms with van der Waals surface area (Å²) in [7, 11) is 1.90. The number of amides is 1. The van der Waals surface area contributed by atoms with Gasteiger partial charge >= 0.3 is 0 Å². The van der Waals surface area contributed by atoms with E-state index in [1.54, 1.807) is 0 Å². The average molecular weight is 198 g/mol.